The maximum Gasteiger partial charge on any atom is 0.291 e. The lowest BCUT2D eigenvalue weighted by Gasteiger charge is -2.07. The van der Waals surface area contributed by atoms with Crippen LogP contribution in [0.2, 0.25) is 0 Å². The van der Waals surface area contributed by atoms with Gasteiger partial charge in [-0.1, -0.05) is 30.8 Å². The van der Waals surface area contributed by atoms with Crippen LogP contribution in [-0.4, -0.2) is 22.0 Å². The second-order valence-electron chi connectivity index (χ2n) is 5.81. The van der Waals surface area contributed by atoms with Gasteiger partial charge in [-0.15, -0.1) is 24.8 Å². The number of aryl methyl sites for hydroxylation is 1. The van der Waals surface area contributed by atoms with Gasteiger partial charge in [-0.05, 0) is 36.4 Å². The van der Waals surface area contributed by atoms with Gasteiger partial charge in [-0.25, -0.2) is 4.98 Å². The lowest BCUT2D eigenvalue weighted by molar-refractivity contribution is 0.0995. The Morgan fingerprint density at radius 2 is 2.07 bits per heavy atom. The largest absolute Gasteiger partial charge is 0.455 e. The first-order valence-electron chi connectivity index (χ1n) is 8.45. The van der Waals surface area contributed by atoms with Crippen molar-refractivity contribution < 1.29 is 9.21 Å². The van der Waals surface area contributed by atoms with E-state index in [0.717, 1.165) is 35.3 Å². The standard InChI is InChI=1S/C19H22N4O2S.2ClH/c1-3-20-12-14-5-4-6-15(11-14)22-18(24)17-8-7-16(25-17)13-26-19-21-9-10-23(19)2;;/h4-11,20H,3,12-13H2,1-2H3,(H,22,24);2*1H. The van der Waals surface area contributed by atoms with E-state index in [4.69, 9.17) is 4.42 Å². The van der Waals surface area contributed by atoms with Crippen molar-refractivity contribution in [2.24, 2.45) is 7.05 Å². The number of benzene rings is 1. The number of carbonyl (C=O) groups excluding carboxylic acids is 1. The van der Waals surface area contributed by atoms with Crippen molar-refractivity contribution in [3.05, 3.63) is 65.9 Å². The minimum absolute atomic E-state index is 0. The molecular weight excluding hydrogens is 419 g/mol. The zero-order valence-electron chi connectivity index (χ0n) is 15.7. The molecule has 0 unspecified atom stereocenters. The van der Waals surface area contributed by atoms with Crippen LogP contribution < -0.4 is 10.6 Å². The molecule has 0 aliphatic carbocycles. The predicted octanol–water partition coefficient (Wildman–Crippen LogP) is 4.51. The Morgan fingerprint density at radius 3 is 2.79 bits per heavy atom. The summed E-state index contributed by atoms with van der Waals surface area (Å²) < 4.78 is 7.61. The average molecular weight is 443 g/mol. The smallest absolute Gasteiger partial charge is 0.291 e. The van der Waals surface area contributed by atoms with E-state index in [9.17, 15) is 4.79 Å². The first kappa shape index (κ1) is 24.1. The monoisotopic (exact) mass is 442 g/mol. The summed E-state index contributed by atoms with van der Waals surface area (Å²) in [5.74, 6) is 1.41. The number of aromatic nitrogens is 2. The van der Waals surface area contributed by atoms with Gasteiger partial charge in [0.1, 0.15) is 5.76 Å². The Morgan fingerprint density at radius 1 is 1.25 bits per heavy atom. The van der Waals surface area contributed by atoms with E-state index in [1.165, 1.54) is 0 Å². The minimum atomic E-state index is -0.251. The summed E-state index contributed by atoms with van der Waals surface area (Å²) in [4.78, 5) is 16.7. The van der Waals surface area contributed by atoms with Gasteiger partial charge in [0, 0.05) is 31.7 Å². The highest BCUT2D eigenvalue weighted by molar-refractivity contribution is 7.98. The van der Waals surface area contributed by atoms with E-state index in [0.29, 0.717) is 11.5 Å². The first-order chi connectivity index (χ1) is 12.7. The molecule has 0 aliphatic heterocycles. The molecule has 3 rings (SSSR count). The van der Waals surface area contributed by atoms with Crippen LogP contribution in [0.15, 0.2) is 58.4 Å². The van der Waals surface area contributed by atoms with Crippen LogP contribution in [0.5, 0.6) is 0 Å². The number of thioether (sulfide) groups is 1. The van der Waals surface area contributed by atoms with Crippen molar-refractivity contribution in [3.8, 4) is 0 Å². The highest BCUT2D eigenvalue weighted by Crippen LogP contribution is 2.22. The molecule has 0 spiro atoms. The van der Waals surface area contributed by atoms with E-state index >= 15 is 0 Å². The average Bonchev–Trinajstić information content (AvgIpc) is 3.27. The van der Waals surface area contributed by atoms with E-state index < -0.39 is 0 Å². The van der Waals surface area contributed by atoms with E-state index in [2.05, 4.69) is 22.5 Å². The summed E-state index contributed by atoms with van der Waals surface area (Å²) in [5.41, 5.74) is 1.88. The molecule has 0 radical (unpaired) electrons. The summed E-state index contributed by atoms with van der Waals surface area (Å²) in [6, 6.07) is 11.3. The molecule has 152 valence electrons. The van der Waals surface area contributed by atoms with E-state index in [-0.39, 0.29) is 30.7 Å². The fraction of sp³-hybridized carbons (Fsp3) is 0.263. The molecule has 2 N–H and O–H groups in total. The number of anilines is 1. The quantitative estimate of drug-likeness (QED) is 0.502. The normalized spacial score (nSPS) is 10.1. The molecule has 2 heterocycles. The van der Waals surface area contributed by atoms with Crippen LogP contribution in [0, 0.1) is 0 Å². The van der Waals surface area contributed by atoms with Gasteiger partial charge in [-0.2, -0.15) is 0 Å². The van der Waals surface area contributed by atoms with E-state index in [1.54, 1.807) is 24.0 Å². The third-order valence-corrected chi connectivity index (χ3v) is 4.85. The number of hydrogen-bond donors (Lipinski definition) is 2. The maximum atomic E-state index is 12.4. The maximum absolute atomic E-state index is 12.4. The topological polar surface area (TPSA) is 72.1 Å². The van der Waals surface area contributed by atoms with Gasteiger partial charge in [0.15, 0.2) is 10.9 Å². The Balaban J connectivity index is 0.00000196. The van der Waals surface area contributed by atoms with Gasteiger partial charge < -0.3 is 19.6 Å². The molecule has 1 amide bonds. The number of rotatable bonds is 8. The Hall–Kier alpha value is -1.93. The first-order valence-corrected chi connectivity index (χ1v) is 9.44. The SMILES string of the molecule is CCNCc1cccc(NC(=O)c2ccc(CSc3nccn3C)o2)c1.Cl.Cl. The number of furan rings is 1. The third kappa shape index (κ3) is 6.60. The lowest BCUT2D eigenvalue weighted by Crippen LogP contribution is -2.13. The van der Waals surface area contributed by atoms with Gasteiger partial charge >= 0.3 is 0 Å². The molecule has 9 heteroatoms. The van der Waals surface area contributed by atoms with Crippen LogP contribution in [-0.2, 0) is 19.3 Å². The zero-order chi connectivity index (χ0) is 18.4. The van der Waals surface area contributed by atoms with Crippen molar-refractivity contribution in [2.75, 3.05) is 11.9 Å². The van der Waals surface area contributed by atoms with Crippen molar-refractivity contribution in [2.45, 2.75) is 24.4 Å². The summed E-state index contributed by atoms with van der Waals surface area (Å²) in [7, 11) is 1.94. The molecule has 3 aromatic rings. The lowest BCUT2D eigenvalue weighted by atomic mass is 10.2. The van der Waals surface area contributed by atoms with Gasteiger partial charge in [-0.3, -0.25) is 4.79 Å². The van der Waals surface area contributed by atoms with Gasteiger partial charge in [0.05, 0.1) is 5.75 Å². The van der Waals surface area contributed by atoms with Crippen LogP contribution in [0.25, 0.3) is 0 Å². The molecule has 0 bridgehead atoms. The molecule has 0 saturated heterocycles. The molecule has 28 heavy (non-hydrogen) atoms. The van der Waals surface area contributed by atoms with Crippen LogP contribution >= 0.6 is 36.6 Å². The number of hydrogen-bond acceptors (Lipinski definition) is 5. The predicted molar refractivity (Wildman–Crippen MR) is 118 cm³/mol. The highest BCUT2D eigenvalue weighted by Gasteiger charge is 2.12. The molecule has 0 fully saturated rings. The number of imidazole rings is 1. The molecule has 0 aliphatic rings. The Labute approximate surface area is 181 Å². The fourth-order valence-corrected chi connectivity index (χ4v) is 3.25. The van der Waals surface area contributed by atoms with Crippen LogP contribution in [0.3, 0.4) is 0 Å². The summed E-state index contributed by atoms with van der Waals surface area (Å²) in [6.45, 7) is 3.74. The Kier molecular flexibility index (Phi) is 10.2. The summed E-state index contributed by atoms with van der Waals surface area (Å²) in [6.07, 6.45) is 3.65. The minimum Gasteiger partial charge on any atom is -0.455 e. The molecular formula is C19H24Cl2N4O2S. The van der Waals surface area contributed by atoms with Crippen molar-refractivity contribution in [3.63, 3.8) is 0 Å². The number of nitrogens with one attached hydrogen (secondary N) is 2. The second-order valence-corrected chi connectivity index (χ2v) is 6.75. The van der Waals surface area contributed by atoms with Crippen molar-refractivity contribution in [1.82, 2.24) is 14.9 Å². The van der Waals surface area contributed by atoms with E-state index in [1.807, 2.05) is 48.1 Å². The summed E-state index contributed by atoms with van der Waals surface area (Å²) >= 11 is 1.56. The molecule has 0 atom stereocenters. The number of halogens is 2. The van der Waals surface area contributed by atoms with Crippen molar-refractivity contribution >= 4 is 48.2 Å². The summed E-state index contributed by atoms with van der Waals surface area (Å²) in [5, 5.41) is 7.06. The fourth-order valence-electron chi connectivity index (χ4n) is 2.43. The zero-order valence-corrected chi connectivity index (χ0v) is 18.1. The van der Waals surface area contributed by atoms with Gasteiger partial charge in [0.25, 0.3) is 5.91 Å². The van der Waals surface area contributed by atoms with Crippen molar-refractivity contribution in [1.29, 1.82) is 0 Å². The molecule has 2 aromatic heterocycles. The molecule has 1 aromatic carbocycles. The third-order valence-electron chi connectivity index (χ3n) is 3.77. The molecule has 6 nitrogen and oxygen atoms in total. The van der Waals surface area contributed by atoms with Crippen LogP contribution in [0.1, 0.15) is 28.8 Å². The number of nitrogens with zero attached hydrogens (tertiary/aromatic N) is 2. The highest BCUT2D eigenvalue weighted by atomic mass is 35.5. The second kappa shape index (κ2) is 11.8. The number of carbonyl (C=O) groups is 1. The molecule has 0 saturated carbocycles. The van der Waals surface area contributed by atoms with Crippen LogP contribution in [0.4, 0.5) is 5.69 Å². The number of amides is 1. The Bertz CT molecular complexity index is 882. The van der Waals surface area contributed by atoms with Gasteiger partial charge in [0.2, 0.25) is 0 Å².